The zero-order valence-corrected chi connectivity index (χ0v) is 9.20. The lowest BCUT2D eigenvalue weighted by Crippen LogP contribution is -2.31. The van der Waals surface area contributed by atoms with E-state index in [4.69, 9.17) is 5.84 Å². The van der Waals surface area contributed by atoms with Crippen LogP contribution in [0.4, 0.5) is 0 Å². The van der Waals surface area contributed by atoms with Gasteiger partial charge < -0.3 is 4.57 Å². The van der Waals surface area contributed by atoms with Crippen molar-refractivity contribution in [2.75, 3.05) is 0 Å². The predicted octanol–water partition coefficient (Wildman–Crippen LogP) is -1.31. The van der Waals surface area contributed by atoms with E-state index in [1.807, 2.05) is 17.8 Å². The van der Waals surface area contributed by atoms with Gasteiger partial charge >= 0.3 is 0 Å². The second-order valence-corrected chi connectivity index (χ2v) is 3.51. The van der Waals surface area contributed by atoms with Crippen LogP contribution in [0.15, 0.2) is 12.4 Å². The number of nitrogens with two attached hydrogens (primary N) is 1. The molecule has 0 bridgehead atoms. The molecule has 2 aromatic rings. The number of hydrazine groups is 1. The molecule has 0 aromatic carbocycles. The summed E-state index contributed by atoms with van der Waals surface area (Å²) in [7, 11) is 3.64. The zero-order valence-electron chi connectivity index (χ0n) is 9.20. The second-order valence-electron chi connectivity index (χ2n) is 3.51. The number of aryl methyl sites for hydroxylation is 2. The molecule has 0 aliphatic rings. The van der Waals surface area contributed by atoms with Gasteiger partial charge in [0, 0.05) is 25.9 Å². The SMILES string of the molecule is Cn1nnc(CC(NN)c2nccn2C)n1. The first-order valence-corrected chi connectivity index (χ1v) is 4.87. The molecule has 0 amide bonds. The third-order valence-electron chi connectivity index (χ3n) is 2.31. The Morgan fingerprint density at radius 1 is 1.50 bits per heavy atom. The molecule has 8 nitrogen and oxygen atoms in total. The van der Waals surface area contributed by atoms with Crippen LogP contribution in [0.5, 0.6) is 0 Å². The minimum absolute atomic E-state index is 0.121. The number of hydrogen-bond acceptors (Lipinski definition) is 6. The minimum atomic E-state index is -0.121. The van der Waals surface area contributed by atoms with Gasteiger partial charge in [0.15, 0.2) is 5.82 Å². The monoisotopic (exact) mass is 222 g/mol. The van der Waals surface area contributed by atoms with Gasteiger partial charge in [-0.1, -0.05) is 0 Å². The lowest BCUT2D eigenvalue weighted by atomic mass is 10.2. The van der Waals surface area contributed by atoms with Gasteiger partial charge in [0.1, 0.15) is 5.82 Å². The summed E-state index contributed by atoms with van der Waals surface area (Å²) in [5.74, 6) is 6.98. The molecule has 0 fully saturated rings. The molecular weight excluding hydrogens is 208 g/mol. The van der Waals surface area contributed by atoms with Crippen molar-refractivity contribution in [3.63, 3.8) is 0 Å². The molecule has 0 saturated carbocycles. The molecule has 86 valence electrons. The fourth-order valence-corrected chi connectivity index (χ4v) is 1.53. The van der Waals surface area contributed by atoms with Crippen LogP contribution in [0, 0.1) is 0 Å². The van der Waals surface area contributed by atoms with Crippen LogP contribution in [-0.4, -0.2) is 29.8 Å². The van der Waals surface area contributed by atoms with Gasteiger partial charge in [-0.15, -0.1) is 10.2 Å². The smallest absolute Gasteiger partial charge is 0.176 e. The number of tetrazole rings is 1. The van der Waals surface area contributed by atoms with E-state index in [-0.39, 0.29) is 6.04 Å². The van der Waals surface area contributed by atoms with Crippen LogP contribution in [0.25, 0.3) is 0 Å². The predicted molar refractivity (Wildman–Crippen MR) is 55.8 cm³/mol. The van der Waals surface area contributed by atoms with Crippen LogP contribution in [0.1, 0.15) is 17.7 Å². The van der Waals surface area contributed by atoms with Crippen molar-refractivity contribution in [2.45, 2.75) is 12.5 Å². The summed E-state index contributed by atoms with van der Waals surface area (Å²) in [4.78, 5) is 5.65. The largest absolute Gasteiger partial charge is 0.337 e. The molecule has 0 aliphatic carbocycles. The summed E-state index contributed by atoms with van der Waals surface area (Å²) in [6, 6.07) is -0.121. The summed E-state index contributed by atoms with van der Waals surface area (Å²) in [6.07, 6.45) is 4.14. The van der Waals surface area contributed by atoms with Crippen LogP contribution < -0.4 is 11.3 Å². The summed E-state index contributed by atoms with van der Waals surface area (Å²) in [5, 5.41) is 11.8. The first-order valence-electron chi connectivity index (χ1n) is 4.87. The normalized spacial score (nSPS) is 12.9. The van der Waals surface area contributed by atoms with Gasteiger partial charge in [0.2, 0.25) is 0 Å². The Balaban J connectivity index is 2.15. The highest BCUT2D eigenvalue weighted by atomic mass is 15.6. The Hall–Kier alpha value is -1.80. The quantitative estimate of drug-likeness (QED) is 0.492. The van der Waals surface area contributed by atoms with Gasteiger partial charge in [0.05, 0.1) is 13.1 Å². The second kappa shape index (κ2) is 4.37. The van der Waals surface area contributed by atoms with Crippen LogP contribution in [-0.2, 0) is 20.5 Å². The first kappa shape index (κ1) is 10.7. The molecule has 16 heavy (non-hydrogen) atoms. The Morgan fingerprint density at radius 3 is 2.81 bits per heavy atom. The highest BCUT2D eigenvalue weighted by Crippen LogP contribution is 2.12. The van der Waals surface area contributed by atoms with E-state index in [0.29, 0.717) is 12.2 Å². The minimum Gasteiger partial charge on any atom is -0.337 e. The average molecular weight is 222 g/mol. The fraction of sp³-hybridized carbons (Fsp3) is 0.500. The molecule has 1 atom stereocenters. The maximum absolute atomic E-state index is 5.50. The number of hydrogen-bond donors (Lipinski definition) is 2. The fourth-order valence-electron chi connectivity index (χ4n) is 1.53. The van der Waals surface area contributed by atoms with Gasteiger partial charge in [-0.05, 0) is 5.21 Å². The molecule has 1 unspecified atom stereocenters. The molecule has 2 rings (SSSR count). The molecular formula is C8H14N8. The van der Waals surface area contributed by atoms with Crippen molar-refractivity contribution in [1.82, 2.24) is 35.2 Å². The van der Waals surface area contributed by atoms with E-state index in [0.717, 1.165) is 5.82 Å². The molecule has 0 spiro atoms. The van der Waals surface area contributed by atoms with Crippen LogP contribution in [0.2, 0.25) is 0 Å². The Labute approximate surface area is 92.4 Å². The average Bonchev–Trinajstić information content (AvgIpc) is 2.84. The summed E-state index contributed by atoms with van der Waals surface area (Å²) in [6.45, 7) is 0. The lowest BCUT2D eigenvalue weighted by molar-refractivity contribution is 0.495. The van der Waals surface area contributed by atoms with Gasteiger partial charge in [-0.25, -0.2) is 10.4 Å². The number of rotatable bonds is 4. The maximum Gasteiger partial charge on any atom is 0.176 e. The molecule has 0 saturated heterocycles. The molecule has 2 heterocycles. The van der Waals surface area contributed by atoms with Crippen LogP contribution >= 0.6 is 0 Å². The number of aromatic nitrogens is 6. The Kier molecular flexibility index (Phi) is 2.93. The third kappa shape index (κ3) is 2.07. The standard InChI is InChI=1S/C8H14N8/c1-15-4-3-10-8(15)6(11-9)5-7-12-14-16(2)13-7/h3-4,6,11H,5,9H2,1-2H3. The van der Waals surface area contributed by atoms with Crippen LogP contribution in [0.3, 0.4) is 0 Å². The van der Waals surface area contributed by atoms with Gasteiger partial charge in [0.25, 0.3) is 0 Å². The maximum atomic E-state index is 5.50. The molecule has 0 aliphatic heterocycles. The van der Waals surface area contributed by atoms with Gasteiger partial charge in [-0.3, -0.25) is 5.84 Å². The molecule has 0 radical (unpaired) electrons. The van der Waals surface area contributed by atoms with E-state index in [2.05, 4.69) is 25.8 Å². The summed E-state index contributed by atoms with van der Waals surface area (Å²) in [5.41, 5.74) is 2.70. The van der Waals surface area contributed by atoms with E-state index in [1.54, 1.807) is 13.2 Å². The summed E-state index contributed by atoms with van der Waals surface area (Å²) >= 11 is 0. The number of nitrogens with zero attached hydrogens (tertiary/aromatic N) is 6. The Bertz CT molecular complexity index is 458. The van der Waals surface area contributed by atoms with E-state index < -0.39 is 0 Å². The Morgan fingerprint density at radius 2 is 2.31 bits per heavy atom. The van der Waals surface area contributed by atoms with E-state index >= 15 is 0 Å². The van der Waals surface area contributed by atoms with Crippen molar-refractivity contribution in [2.24, 2.45) is 19.9 Å². The van der Waals surface area contributed by atoms with Crippen molar-refractivity contribution in [3.8, 4) is 0 Å². The summed E-state index contributed by atoms with van der Waals surface area (Å²) < 4.78 is 1.90. The third-order valence-corrected chi connectivity index (χ3v) is 2.31. The van der Waals surface area contributed by atoms with Crippen molar-refractivity contribution >= 4 is 0 Å². The number of nitrogens with one attached hydrogen (secondary N) is 1. The molecule has 8 heteroatoms. The van der Waals surface area contributed by atoms with Crippen molar-refractivity contribution in [3.05, 3.63) is 24.0 Å². The topological polar surface area (TPSA) is 99.5 Å². The zero-order chi connectivity index (χ0) is 11.5. The first-order chi connectivity index (χ1) is 7.70. The highest BCUT2D eigenvalue weighted by Gasteiger charge is 2.17. The van der Waals surface area contributed by atoms with E-state index in [1.165, 1.54) is 4.80 Å². The number of imidazole rings is 1. The highest BCUT2D eigenvalue weighted by molar-refractivity contribution is 5.01. The molecule has 3 N–H and O–H groups in total. The van der Waals surface area contributed by atoms with Gasteiger partial charge in [-0.2, -0.15) is 4.80 Å². The van der Waals surface area contributed by atoms with Crippen molar-refractivity contribution in [1.29, 1.82) is 0 Å². The van der Waals surface area contributed by atoms with E-state index in [9.17, 15) is 0 Å². The molecule has 2 aromatic heterocycles. The lowest BCUT2D eigenvalue weighted by Gasteiger charge is -2.13. The van der Waals surface area contributed by atoms with Crippen molar-refractivity contribution < 1.29 is 0 Å².